The van der Waals surface area contributed by atoms with E-state index in [-0.39, 0.29) is 21.3 Å². The fourth-order valence-electron chi connectivity index (χ4n) is 8.18. The van der Waals surface area contributed by atoms with Gasteiger partial charge in [-0.1, -0.05) is 0 Å². The maximum absolute atomic E-state index is 13.1. The minimum Gasteiger partial charge on any atom is -0.378 e. The molecular weight excluding hydrogens is 805 g/mol. The van der Waals surface area contributed by atoms with E-state index in [0.29, 0.717) is 73.1 Å². The highest BCUT2D eigenvalue weighted by Crippen LogP contribution is 2.43. The molecule has 8 heterocycles. The predicted molar refractivity (Wildman–Crippen MR) is 229 cm³/mol. The van der Waals surface area contributed by atoms with Crippen molar-refractivity contribution in [3.63, 3.8) is 0 Å². The van der Waals surface area contributed by atoms with Crippen LogP contribution in [-0.4, -0.2) is 112 Å². The second kappa shape index (κ2) is 15.8. The molecule has 4 aliphatic heterocycles. The molecule has 6 aromatic rings. The van der Waals surface area contributed by atoms with Crippen LogP contribution < -0.4 is 20.4 Å². The summed E-state index contributed by atoms with van der Waals surface area (Å²) in [6.45, 7) is 13.4. The standard InChI is InChI=1S/2C21H23N5O3S/c2*1-21(2)12-14-10-16(17(11-18(14)30(21)28)25-6-8-29-9-7-25)24-20(27)15-13-23-26-5-3-4-22-19(15)26/h2*3-5,10-11,13H,6-9,12H2,1-2H3,(H,24,27)/t2*30-/m10/s1. The molecule has 4 aromatic heterocycles. The zero-order valence-electron chi connectivity index (χ0n) is 33.8. The van der Waals surface area contributed by atoms with E-state index in [9.17, 15) is 18.0 Å². The summed E-state index contributed by atoms with van der Waals surface area (Å²) < 4.78 is 39.4. The highest BCUT2D eigenvalue weighted by molar-refractivity contribution is 7.87. The molecule has 0 spiro atoms. The Morgan fingerprint density at radius 2 is 1.03 bits per heavy atom. The Kier molecular flexibility index (Phi) is 10.5. The average molecular weight is 851 g/mol. The number of nitrogens with zero attached hydrogens (tertiary/aromatic N) is 8. The third-order valence-corrected chi connectivity index (χ3v) is 15.1. The molecule has 16 nitrogen and oxygen atoms in total. The fraction of sp³-hybridized carbons (Fsp3) is 0.381. The molecule has 2 amide bonds. The number of fused-ring (bicyclic) bond motifs is 4. The van der Waals surface area contributed by atoms with Gasteiger partial charge >= 0.3 is 0 Å². The zero-order valence-corrected chi connectivity index (χ0v) is 35.5. The molecule has 0 unspecified atom stereocenters. The number of amides is 2. The number of morpholine rings is 2. The maximum atomic E-state index is 13.1. The first-order chi connectivity index (χ1) is 28.9. The molecule has 0 aliphatic carbocycles. The van der Waals surface area contributed by atoms with E-state index < -0.39 is 21.6 Å². The highest BCUT2D eigenvalue weighted by Gasteiger charge is 2.39. The number of carbonyl (C=O) groups excluding carboxylic acids is 2. The van der Waals surface area contributed by atoms with E-state index in [1.165, 1.54) is 12.4 Å². The summed E-state index contributed by atoms with van der Waals surface area (Å²) in [6, 6.07) is 11.4. The van der Waals surface area contributed by atoms with E-state index in [1.807, 2.05) is 52.0 Å². The van der Waals surface area contributed by atoms with Crippen LogP contribution in [0.5, 0.6) is 0 Å². The molecule has 0 radical (unpaired) electrons. The lowest BCUT2D eigenvalue weighted by atomic mass is 10.0. The number of nitrogens with one attached hydrogen (secondary N) is 2. The lowest BCUT2D eigenvalue weighted by Crippen LogP contribution is -2.37. The van der Waals surface area contributed by atoms with Crippen LogP contribution in [0.2, 0.25) is 0 Å². The van der Waals surface area contributed by atoms with Gasteiger partial charge in [-0.05, 0) is 88.1 Å². The third kappa shape index (κ3) is 7.45. The van der Waals surface area contributed by atoms with E-state index in [0.717, 1.165) is 58.5 Å². The highest BCUT2D eigenvalue weighted by atomic mass is 32.2. The minimum absolute atomic E-state index is 0.267. The summed E-state index contributed by atoms with van der Waals surface area (Å²) in [4.78, 5) is 40.8. The van der Waals surface area contributed by atoms with Gasteiger partial charge in [0.05, 0.1) is 83.2 Å². The largest absolute Gasteiger partial charge is 0.378 e. The Morgan fingerprint density at radius 1 is 0.633 bits per heavy atom. The van der Waals surface area contributed by atoms with Crippen molar-refractivity contribution in [1.82, 2.24) is 29.2 Å². The summed E-state index contributed by atoms with van der Waals surface area (Å²) in [5.41, 5.74) is 7.05. The van der Waals surface area contributed by atoms with Crippen LogP contribution in [0.25, 0.3) is 11.3 Å². The van der Waals surface area contributed by atoms with E-state index in [2.05, 4.69) is 40.6 Å². The molecule has 2 saturated heterocycles. The molecule has 0 bridgehead atoms. The smallest absolute Gasteiger partial charge is 0.261 e. The Bertz CT molecular complexity index is 2520. The fourth-order valence-corrected chi connectivity index (χ4v) is 11.1. The number of aromatic nitrogens is 6. The van der Waals surface area contributed by atoms with Crippen molar-refractivity contribution in [2.75, 3.05) is 73.0 Å². The van der Waals surface area contributed by atoms with Crippen molar-refractivity contribution < 1.29 is 27.5 Å². The van der Waals surface area contributed by atoms with Gasteiger partial charge in [-0.3, -0.25) is 18.0 Å². The van der Waals surface area contributed by atoms with Crippen LogP contribution in [0, 0.1) is 0 Å². The van der Waals surface area contributed by atoms with Crippen LogP contribution in [0.3, 0.4) is 0 Å². The number of benzene rings is 2. The van der Waals surface area contributed by atoms with Gasteiger partial charge in [0.2, 0.25) is 0 Å². The lowest BCUT2D eigenvalue weighted by molar-refractivity contribution is 0.102. The van der Waals surface area contributed by atoms with Crippen molar-refractivity contribution in [2.24, 2.45) is 0 Å². The number of hydrogen-bond donors (Lipinski definition) is 2. The van der Waals surface area contributed by atoms with Crippen LogP contribution in [0.1, 0.15) is 59.5 Å². The summed E-state index contributed by atoms with van der Waals surface area (Å²) in [6.07, 6.45) is 11.3. The maximum Gasteiger partial charge on any atom is 0.261 e. The van der Waals surface area contributed by atoms with E-state index in [4.69, 9.17) is 9.47 Å². The molecule has 312 valence electrons. The van der Waals surface area contributed by atoms with Crippen molar-refractivity contribution in [2.45, 2.75) is 59.8 Å². The summed E-state index contributed by atoms with van der Waals surface area (Å²) in [7, 11) is -2.17. The molecule has 10 rings (SSSR count). The predicted octanol–water partition coefficient (Wildman–Crippen LogP) is 4.52. The molecule has 2 N–H and O–H groups in total. The second-order valence-electron chi connectivity index (χ2n) is 16.4. The van der Waals surface area contributed by atoms with Gasteiger partial charge in [-0.25, -0.2) is 19.0 Å². The van der Waals surface area contributed by atoms with Gasteiger partial charge in [0.15, 0.2) is 11.3 Å². The first kappa shape index (κ1) is 39.9. The summed E-state index contributed by atoms with van der Waals surface area (Å²) in [5.74, 6) is -0.534. The van der Waals surface area contributed by atoms with E-state index >= 15 is 0 Å². The molecule has 4 aliphatic rings. The van der Waals surface area contributed by atoms with Crippen molar-refractivity contribution >= 4 is 67.5 Å². The quantitative estimate of drug-likeness (QED) is 0.240. The Morgan fingerprint density at radius 3 is 1.43 bits per heavy atom. The van der Waals surface area contributed by atoms with Gasteiger partial charge in [0, 0.05) is 70.3 Å². The van der Waals surface area contributed by atoms with Gasteiger partial charge in [-0.2, -0.15) is 10.2 Å². The molecular formula is C42H46N10O6S2. The van der Waals surface area contributed by atoms with Crippen LogP contribution in [-0.2, 0) is 43.9 Å². The zero-order chi connectivity index (χ0) is 41.8. The average Bonchev–Trinajstić information content (AvgIpc) is 3.99. The monoisotopic (exact) mass is 850 g/mol. The summed E-state index contributed by atoms with van der Waals surface area (Å²) >= 11 is 0. The number of ether oxygens (including phenoxy) is 2. The van der Waals surface area contributed by atoms with Gasteiger partial charge in [-0.15, -0.1) is 0 Å². The Hall–Kier alpha value is -5.56. The van der Waals surface area contributed by atoms with Crippen molar-refractivity contribution in [3.05, 3.63) is 95.8 Å². The van der Waals surface area contributed by atoms with Crippen molar-refractivity contribution in [1.29, 1.82) is 0 Å². The first-order valence-electron chi connectivity index (χ1n) is 19.9. The number of rotatable bonds is 6. The van der Waals surface area contributed by atoms with Gasteiger partial charge < -0.3 is 29.9 Å². The minimum atomic E-state index is -1.09. The number of carbonyl (C=O) groups is 2. The van der Waals surface area contributed by atoms with Crippen LogP contribution in [0.4, 0.5) is 22.7 Å². The lowest BCUT2D eigenvalue weighted by Gasteiger charge is -2.31. The van der Waals surface area contributed by atoms with Crippen LogP contribution >= 0.6 is 0 Å². The molecule has 2 fully saturated rings. The second-order valence-corrected chi connectivity index (χ2v) is 20.5. The summed E-state index contributed by atoms with van der Waals surface area (Å²) in [5, 5.41) is 14.5. The van der Waals surface area contributed by atoms with Crippen LogP contribution in [0.15, 0.2) is 83.4 Å². The topological polar surface area (TPSA) is 178 Å². The van der Waals surface area contributed by atoms with Gasteiger partial charge in [0.1, 0.15) is 11.1 Å². The normalized spacial score (nSPS) is 20.3. The SMILES string of the molecule is CC1(C)Cc2cc(NC(=O)c3cnn4cccnc34)c(N3CCOCC3)cc2[S@@]1=O.CC1(C)Cc2cc(NC(=O)c3cnn4cccnc34)c(N3CCOCC3)cc2[S@]1=O. The molecule has 18 heteroatoms. The number of anilines is 4. The molecule has 0 saturated carbocycles. The molecule has 2 atom stereocenters. The Labute approximate surface area is 351 Å². The number of hydrogen-bond acceptors (Lipinski definition) is 12. The van der Waals surface area contributed by atoms with E-state index in [1.54, 1.807) is 46.0 Å². The third-order valence-electron chi connectivity index (χ3n) is 11.2. The Balaban J connectivity index is 0.000000154. The molecule has 2 aromatic carbocycles. The molecule has 60 heavy (non-hydrogen) atoms. The first-order valence-corrected chi connectivity index (χ1v) is 22.2. The van der Waals surface area contributed by atoms with Crippen molar-refractivity contribution in [3.8, 4) is 0 Å². The van der Waals surface area contributed by atoms with Gasteiger partial charge in [0.25, 0.3) is 11.8 Å².